The minimum Gasteiger partial charge on any atom is -0.423 e. The molecular formula is C47H49N9O8. The van der Waals surface area contributed by atoms with Gasteiger partial charge in [0.2, 0.25) is 35.4 Å². The fraction of sp³-hybridized carbons (Fsp3) is 0.298. The van der Waals surface area contributed by atoms with Crippen LogP contribution < -0.4 is 37.9 Å². The van der Waals surface area contributed by atoms with Crippen molar-refractivity contribution in [2.45, 2.75) is 82.1 Å². The second kappa shape index (κ2) is 18.3. The summed E-state index contributed by atoms with van der Waals surface area (Å²) in [6, 6.07) is 15.9. The number of hydrogen-bond acceptors (Lipinski definition) is 9. The first-order valence-corrected chi connectivity index (χ1v) is 21.2. The second-order valence-electron chi connectivity index (χ2n) is 16.5. The first-order valence-electron chi connectivity index (χ1n) is 21.2. The molecule has 5 atom stereocenters. The van der Waals surface area contributed by atoms with Crippen molar-refractivity contribution in [3.63, 3.8) is 0 Å². The Bertz CT molecular complexity index is 2880. The lowest BCUT2D eigenvalue weighted by atomic mass is 10.0. The van der Waals surface area contributed by atoms with E-state index in [9.17, 15) is 33.6 Å². The Balaban J connectivity index is 1.07. The Morgan fingerprint density at radius 3 is 2.08 bits per heavy atom. The van der Waals surface area contributed by atoms with E-state index in [2.05, 4.69) is 43.1 Å². The first-order chi connectivity index (χ1) is 30.8. The number of anilines is 1. The number of carbonyl (C=O) groups excluding carboxylic acids is 6. The Morgan fingerprint density at radius 2 is 1.44 bits per heavy atom. The molecule has 330 valence electrons. The number of nitrogens with zero attached hydrogens (tertiary/aromatic N) is 1. The third kappa shape index (κ3) is 9.38. The minimum absolute atomic E-state index is 0.00672. The number of nitrogens with one attached hydrogen (secondary N) is 7. The average molecular weight is 868 g/mol. The Hall–Kier alpha value is -7.69. The van der Waals surface area contributed by atoms with E-state index in [-0.39, 0.29) is 31.4 Å². The van der Waals surface area contributed by atoms with E-state index in [0.29, 0.717) is 47.2 Å². The predicted octanol–water partition coefficient (Wildman–Crippen LogP) is 3.07. The Morgan fingerprint density at radius 1 is 0.797 bits per heavy atom. The summed E-state index contributed by atoms with van der Waals surface area (Å²) in [5.41, 5.74) is 10.1. The number of benzene rings is 3. The summed E-state index contributed by atoms with van der Waals surface area (Å²) < 4.78 is 5.42. The van der Waals surface area contributed by atoms with Gasteiger partial charge in [-0.15, -0.1) is 0 Å². The zero-order valence-corrected chi connectivity index (χ0v) is 35.1. The van der Waals surface area contributed by atoms with Crippen LogP contribution >= 0.6 is 0 Å². The Labute approximate surface area is 366 Å². The van der Waals surface area contributed by atoms with E-state index in [1.807, 2.05) is 48.5 Å². The van der Waals surface area contributed by atoms with Crippen LogP contribution in [0.3, 0.4) is 0 Å². The summed E-state index contributed by atoms with van der Waals surface area (Å²) in [6.45, 7) is 5.79. The molecule has 6 amide bonds. The molecule has 2 aliphatic heterocycles. The molecule has 3 aromatic carbocycles. The highest BCUT2D eigenvalue weighted by atomic mass is 16.4. The number of amides is 6. The number of nitrogens with two attached hydrogens (primary N) is 1. The number of allylic oxidation sites excluding steroid dienone is 1. The smallest absolute Gasteiger partial charge is 0.336 e. The molecule has 64 heavy (non-hydrogen) atoms. The van der Waals surface area contributed by atoms with E-state index >= 15 is 0 Å². The van der Waals surface area contributed by atoms with Gasteiger partial charge in [-0.25, -0.2) is 4.79 Å². The molecule has 9 N–H and O–H groups in total. The van der Waals surface area contributed by atoms with Crippen LogP contribution in [0.25, 0.3) is 32.8 Å². The molecule has 17 nitrogen and oxygen atoms in total. The monoisotopic (exact) mass is 867 g/mol. The Kier molecular flexibility index (Phi) is 12.3. The van der Waals surface area contributed by atoms with Gasteiger partial charge in [0, 0.05) is 82.5 Å². The van der Waals surface area contributed by atoms with Crippen molar-refractivity contribution in [2.75, 3.05) is 11.9 Å². The van der Waals surface area contributed by atoms with E-state index in [0.717, 1.165) is 27.4 Å². The highest BCUT2D eigenvalue weighted by Gasteiger charge is 2.40. The van der Waals surface area contributed by atoms with Crippen molar-refractivity contribution in [3.05, 3.63) is 125 Å². The fourth-order valence-electron chi connectivity index (χ4n) is 8.71. The van der Waals surface area contributed by atoms with Gasteiger partial charge in [-0.1, -0.05) is 43.0 Å². The van der Waals surface area contributed by atoms with Crippen LogP contribution in [0.4, 0.5) is 5.69 Å². The van der Waals surface area contributed by atoms with Gasteiger partial charge in [0.1, 0.15) is 35.8 Å². The number of aryl methyl sites for hydroxylation is 1. The maximum atomic E-state index is 14.7. The number of fused-ring (bicyclic) bond motifs is 3. The molecule has 6 aromatic rings. The van der Waals surface area contributed by atoms with Gasteiger partial charge in [0.05, 0.1) is 6.42 Å². The van der Waals surface area contributed by atoms with Crippen LogP contribution in [0.5, 0.6) is 0 Å². The number of carbonyl (C=O) groups is 6. The summed E-state index contributed by atoms with van der Waals surface area (Å²) in [5.74, 6) is -3.84. The van der Waals surface area contributed by atoms with Gasteiger partial charge in [0.25, 0.3) is 0 Å². The lowest BCUT2D eigenvalue weighted by Crippen LogP contribution is -2.59. The summed E-state index contributed by atoms with van der Waals surface area (Å²) in [7, 11) is 0. The maximum Gasteiger partial charge on any atom is 0.336 e. The van der Waals surface area contributed by atoms with Gasteiger partial charge < -0.3 is 51.6 Å². The average Bonchev–Trinajstić information content (AvgIpc) is 4.10. The van der Waals surface area contributed by atoms with E-state index in [1.165, 1.54) is 11.0 Å². The molecule has 17 heteroatoms. The molecule has 0 radical (unpaired) electrons. The van der Waals surface area contributed by atoms with Gasteiger partial charge in [-0.3, -0.25) is 28.8 Å². The summed E-state index contributed by atoms with van der Waals surface area (Å²) >= 11 is 0. The topological polar surface area (TPSA) is 254 Å². The van der Waals surface area contributed by atoms with Gasteiger partial charge in [-0.2, -0.15) is 0 Å². The van der Waals surface area contributed by atoms with Crippen molar-refractivity contribution in [1.29, 1.82) is 0 Å². The van der Waals surface area contributed by atoms with Crippen LogP contribution in [0.15, 0.2) is 107 Å². The molecular weight excluding hydrogens is 819 g/mol. The summed E-state index contributed by atoms with van der Waals surface area (Å²) in [4.78, 5) is 103. The molecule has 0 aliphatic carbocycles. The quantitative estimate of drug-likeness (QED) is 0.0706. The van der Waals surface area contributed by atoms with Crippen LogP contribution in [-0.2, 0) is 41.6 Å². The van der Waals surface area contributed by atoms with Crippen molar-refractivity contribution in [2.24, 2.45) is 5.73 Å². The van der Waals surface area contributed by atoms with Crippen molar-refractivity contribution in [3.8, 4) is 0 Å². The lowest BCUT2D eigenvalue weighted by Gasteiger charge is -2.30. The second-order valence-corrected chi connectivity index (χ2v) is 16.5. The molecule has 0 saturated carbocycles. The van der Waals surface area contributed by atoms with Crippen LogP contribution in [-0.4, -0.2) is 87.1 Å². The maximum absolute atomic E-state index is 14.7. The number of aromatic amines is 2. The van der Waals surface area contributed by atoms with Crippen molar-refractivity contribution >= 4 is 73.9 Å². The largest absolute Gasteiger partial charge is 0.423 e. The number of rotatable bonds is 15. The lowest BCUT2D eigenvalue weighted by molar-refractivity contribution is -0.143. The predicted molar refractivity (Wildman–Crippen MR) is 239 cm³/mol. The number of aromatic nitrogens is 2. The normalized spacial score (nSPS) is 17.5. The minimum atomic E-state index is -1.33. The van der Waals surface area contributed by atoms with Crippen molar-refractivity contribution < 1.29 is 33.2 Å². The van der Waals surface area contributed by atoms with Crippen LogP contribution in [0, 0.1) is 6.92 Å². The number of H-pyrrole nitrogens is 2. The molecule has 2 saturated heterocycles. The molecule has 8 rings (SSSR count). The number of para-hydroxylation sites is 2. The van der Waals surface area contributed by atoms with Crippen LogP contribution in [0.1, 0.15) is 48.8 Å². The van der Waals surface area contributed by atoms with Gasteiger partial charge in [-0.05, 0) is 73.6 Å². The third-order valence-corrected chi connectivity index (χ3v) is 12.0. The molecule has 0 spiro atoms. The number of hydrogen-bond donors (Lipinski definition) is 8. The molecule has 2 fully saturated rings. The molecule has 3 aromatic heterocycles. The molecule has 0 bridgehead atoms. The van der Waals surface area contributed by atoms with E-state index < -0.39 is 77.7 Å². The molecule has 5 heterocycles. The standard InChI is InChI=1S/C47H49N9O8/c1-25-18-42(58)64-40-21-29(14-15-30(25)40)52-44(60)36(19-27-23-49-33-10-5-3-8-31(27)33)53-45(61)37(20-28-24-50-34-11-6-4-9-32(28)34)54-46(62)39-12-7-17-56(39)47(63)38(22-41(48)57)55-43(59)35-16-13-26(2)51-35/h3-6,8-11,14-15,18,21,23-24,35-39,49-51H,2,7,12-13,16-17,19-20,22H2,1H3,(H2,48,57)(H,52,60)(H,53,61)(H,54,62)(H,55,59). The van der Waals surface area contributed by atoms with E-state index in [4.69, 9.17) is 10.2 Å². The van der Waals surface area contributed by atoms with E-state index in [1.54, 1.807) is 37.5 Å². The summed E-state index contributed by atoms with van der Waals surface area (Å²) in [5, 5.41) is 16.7. The first kappa shape index (κ1) is 43.0. The molecule has 5 unspecified atom stereocenters. The highest BCUT2D eigenvalue weighted by molar-refractivity contribution is 6.01. The third-order valence-electron chi connectivity index (χ3n) is 12.0. The highest BCUT2D eigenvalue weighted by Crippen LogP contribution is 2.25. The van der Waals surface area contributed by atoms with Gasteiger partial charge >= 0.3 is 5.63 Å². The number of primary amides is 1. The number of likely N-dealkylation sites (tertiary alicyclic amines) is 1. The van der Waals surface area contributed by atoms with Gasteiger partial charge in [0.15, 0.2) is 0 Å². The SMILES string of the molecule is C=C1CCC(C(=O)NC(CC(N)=O)C(=O)N2CCCC2C(=O)NC(Cc2c[nH]c3ccccc23)C(=O)NC(Cc2c[nH]c3ccccc23)C(=O)Nc2ccc3c(C)cc(=O)oc3c2)N1. The van der Waals surface area contributed by atoms with Crippen molar-refractivity contribution in [1.82, 2.24) is 36.1 Å². The summed E-state index contributed by atoms with van der Waals surface area (Å²) in [6.07, 6.45) is 4.83. The fourth-order valence-corrected chi connectivity index (χ4v) is 8.71. The zero-order chi connectivity index (χ0) is 45.1. The zero-order valence-electron chi connectivity index (χ0n) is 35.1. The molecule has 2 aliphatic rings. The van der Waals surface area contributed by atoms with Crippen LogP contribution in [0.2, 0.25) is 0 Å².